The van der Waals surface area contributed by atoms with E-state index < -0.39 is 39.9 Å². The van der Waals surface area contributed by atoms with E-state index in [1.54, 1.807) is 43.3 Å². The molecular weight excluding hydrogens is 548 g/mol. The molecule has 3 aromatic rings. The van der Waals surface area contributed by atoms with Gasteiger partial charge in [-0.3, -0.25) is 9.59 Å². The van der Waals surface area contributed by atoms with Gasteiger partial charge in [0.2, 0.25) is 15.9 Å². The minimum atomic E-state index is -4.18. The lowest BCUT2D eigenvalue weighted by atomic mass is 10.1. The Bertz CT molecular complexity index is 1390. The Labute approximate surface area is 217 Å². The van der Waals surface area contributed by atoms with Crippen molar-refractivity contribution in [2.75, 3.05) is 12.0 Å². The minimum Gasteiger partial charge on any atom is -0.465 e. The van der Waals surface area contributed by atoms with E-state index in [1.807, 2.05) is 6.07 Å². The standard InChI is InChI=1S/C26H23BrN2O6S/c1-17(18-6-4-3-5-7-18)29(36(33,34)22-14-10-20(27)11-15-22)23-16-24(30)28(25(23)31)21-12-8-19(9-13-21)26(32)35-2/h3-15,17,23H,16H2,1-2H3. The molecule has 36 heavy (non-hydrogen) atoms. The fourth-order valence-corrected chi connectivity index (χ4v) is 6.23. The van der Waals surface area contributed by atoms with Crippen LogP contribution in [0.1, 0.15) is 35.3 Å². The number of nitrogens with zero attached hydrogens (tertiary/aromatic N) is 2. The molecule has 0 aliphatic carbocycles. The zero-order valence-electron chi connectivity index (χ0n) is 19.5. The SMILES string of the molecule is COC(=O)c1ccc(N2C(=O)CC(N(C(C)c3ccccc3)S(=O)(=O)c3ccc(Br)cc3)C2=O)cc1. The summed E-state index contributed by atoms with van der Waals surface area (Å²) in [6, 6.07) is 18.9. The molecule has 4 rings (SSSR count). The summed E-state index contributed by atoms with van der Waals surface area (Å²) in [5.41, 5.74) is 1.18. The van der Waals surface area contributed by atoms with Crippen molar-refractivity contribution in [3.05, 3.63) is 94.5 Å². The zero-order chi connectivity index (χ0) is 26.0. The molecule has 1 heterocycles. The van der Waals surface area contributed by atoms with Crippen LogP contribution in [0, 0.1) is 0 Å². The highest BCUT2D eigenvalue weighted by Gasteiger charge is 2.49. The number of amides is 2. The van der Waals surface area contributed by atoms with Gasteiger partial charge in [-0.2, -0.15) is 4.31 Å². The van der Waals surface area contributed by atoms with Gasteiger partial charge in [-0.25, -0.2) is 18.1 Å². The third-order valence-corrected chi connectivity index (χ3v) is 8.55. The first-order valence-electron chi connectivity index (χ1n) is 11.0. The lowest BCUT2D eigenvalue weighted by Crippen LogP contribution is -2.46. The van der Waals surface area contributed by atoms with Gasteiger partial charge in [0.05, 0.1) is 29.7 Å². The summed E-state index contributed by atoms with van der Waals surface area (Å²) in [7, 11) is -2.93. The monoisotopic (exact) mass is 570 g/mol. The second kappa shape index (κ2) is 10.3. The Morgan fingerprint density at radius 1 is 1.00 bits per heavy atom. The number of hydrogen-bond donors (Lipinski definition) is 0. The molecule has 2 amide bonds. The van der Waals surface area contributed by atoms with Gasteiger partial charge in [-0.05, 0) is 61.0 Å². The minimum absolute atomic E-state index is 0.00890. The second-order valence-corrected chi connectivity index (χ2v) is 11.0. The highest BCUT2D eigenvalue weighted by Crippen LogP contribution is 2.36. The van der Waals surface area contributed by atoms with E-state index in [2.05, 4.69) is 20.7 Å². The number of esters is 1. The molecule has 2 atom stereocenters. The molecule has 10 heteroatoms. The molecular formula is C26H23BrN2O6S. The molecule has 186 valence electrons. The van der Waals surface area contributed by atoms with E-state index in [1.165, 1.54) is 43.5 Å². The summed E-state index contributed by atoms with van der Waals surface area (Å²) in [6.07, 6.45) is -0.315. The molecule has 1 fully saturated rings. The highest BCUT2D eigenvalue weighted by molar-refractivity contribution is 9.10. The number of sulfonamides is 1. The molecule has 3 aromatic carbocycles. The lowest BCUT2D eigenvalue weighted by Gasteiger charge is -2.32. The quantitative estimate of drug-likeness (QED) is 0.309. The maximum atomic E-state index is 13.9. The molecule has 0 saturated carbocycles. The van der Waals surface area contributed by atoms with Crippen LogP contribution in [0.2, 0.25) is 0 Å². The van der Waals surface area contributed by atoms with E-state index >= 15 is 0 Å². The van der Waals surface area contributed by atoms with Crippen LogP contribution in [0.25, 0.3) is 0 Å². The number of methoxy groups -OCH3 is 1. The van der Waals surface area contributed by atoms with Crippen LogP contribution in [0.3, 0.4) is 0 Å². The first-order valence-corrected chi connectivity index (χ1v) is 13.3. The Balaban J connectivity index is 1.75. The number of rotatable bonds is 7. The molecule has 0 bridgehead atoms. The number of carbonyl (C=O) groups excluding carboxylic acids is 3. The fraction of sp³-hybridized carbons (Fsp3) is 0.192. The third kappa shape index (κ3) is 4.84. The van der Waals surface area contributed by atoms with Gasteiger partial charge < -0.3 is 4.74 Å². The number of benzene rings is 3. The van der Waals surface area contributed by atoms with E-state index in [4.69, 9.17) is 0 Å². The van der Waals surface area contributed by atoms with Crippen molar-refractivity contribution in [1.29, 1.82) is 0 Å². The second-order valence-electron chi connectivity index (χ2n) is 8.20. The molecule has 0 radical (unpaired) electrons. The van der Waals surface area contributed by atoms with Crippen LogP contribution in [0.15, 0.2) is 88.2 Å². The predicted octanol–water partition coefficient (Wildman–Crippen LogP) is 4.32. The molecule has 8 nitrogen and oxygen atoms in total. The molecule has 1 aliphatic rings. The Hall–Kier alpha value is -3.34. The number of halogens is 1. The number of ether oxygens (including phenoxy) is 1. The molecule has 0 spiro atoms. The van der Waals surface area contributed by atoms with Crippen molar-refractivity contribution in [2.24, 2.45) is 0 Å². The Morgan fingerprint density at radius 2 is 1.61 bits per heavy atom. The van der Waals surface area contributed by atoms with Crippen LogP contribution >= 0.6 is 15.9 Å². The third-order valence-electron chi connectivity index (χ3n) is 6.03. The average Bonchev–Trinajstić information content (AvgIpc) is 3.17. The van der Waals surface area contributed by atoms with Crippen molar-refractivity contribution in [2.45, 2.75) is 30.3 Å². The average molecular weight is 571 g/mol. The smallest absolute Gasteiger partial charge is 0.337 e. The molecule has 0 N–H and O–H groups in total. The number of imide groups is 1. The van der Waals surface area contributed by atoms with E-state index in [0.29, 0.717) is 10.0 Å². The first-order chi connectivity index (χ1) is 17.1. The largest absolute Gasteiger partial charge is 0.465 e. The van der Waals surface area contributed by atoms with Crippen molar-refractivity contribution >= 4 is 49.4 Å². The van der Waals surface area contributed by atoms with Crippen molar-refractivity contribution < 1.29 is 27.5 Å². The first kappa shape index (κ1) is 25.7. The van der Waals surface area contributed by atoms with Gasteiger partial charge in [0.1, 0.15) is 6.04 Å². The summed E-state index contributed by atoms with van der Waals surface area (Å²) in [5, 5.41) is 0. The molecule has 1 saturated heterocycles. The number of carbonyl (C=O) groups is 3. The van der Waals surface area contributed by atoms with Crippen molar-refractivity contribution in [3.8, 4) is 0 Å². The van der Waals surface area contributed by atoms with E-state index in [-0.39, 0.29) is 22.6 Å². The fourth-order valence-electron chi connectivity index (χ4n) is 4.20. The van der Waals surface area contributed by atoms with Crippen LogP contribution in [-0.2, 0) is 24.3 Å². The Kier molecular flexibility index (Phi) is 7.39. The molecule has 2 unspecified atom stereocenters. The number of hydrogen-bond acceptors (Lipinski definition) is 6. The topological polar surface area (TPSA) is 101 Å². The normalized spacial score (nSPS) is 16.9. The van der Waals surface area contributed by atoms with Crippen molar-refractivity contribution in [3.63, 3.8) is 0 Å². The van der Waals surface area contributed by atoms with Crippen molar-refractivity contribution in [1.82, 2.24) is 4.31 Å². The van der Waals surface area contributed by atoms with Gasteiger partial charge >= 0.3 is 5.97 Å². The van der Waals surface area contributed by atoms with Crippen LogP contribution < -0.4 is 4.90 Å². The van der Waals surface area contributed by atoms with Gasteiger partial charge in [0.25, 0.3) is 5.91 Å². The summed E-state index contributed by atoms with van der Waals surface area (Å²) >= 11 is 3.31. The summed E-state index contributed by atoms with van der Waals surface area (Å²) in [4.78, 5) is 39.3. The molecule has 1 aliphatic heterocycles. The zero-order valence-corrected chi connectivity index (χ0v) is 21.9. The van der Waals surface area contributed by atoms with Crippen LogP contribution in [-0.4, -0.2) is 43.7 Å². The summed E-state index contributed by atoms with van der Waals surface area (Å²) in [6.45, 7) is 1.69. The highest BCUT2D eigenvalue weighted by atomic mass is 79.9. The summed E-state index contributed by atoms with van der Waals surface area (Å²) in [5.74, 6) is -1.75. The summed E-state index contributed by atoms with van der Waals surface area (Å²) < 4.78 is 34.3. The number of anilines is 1. The van der Waals surface area contributed by atoms with E-state index in [9.17, 15) is 22.8 Å². The van der Waals surface area contributed by atoms with Gasteiger partial charge in [-0.15, -0.1) is 0 Å². The van der Waals surface area contributed by atoms with Gasteiger partial charge in [-0.1, -0.05) is 46.3 Å². The van der Waals surface area contributed by atoms with Crippen LogP contribution in [0.5, 0.6) is 0 Å². The molecule has 0 aromatic heterocycles. The van der Waals surface area contributed by atoms with E-state index in [0.717, 1.165) is 9.21 Å². The predicted molar refractivity (Wildman–Crippen MR) is 137 cm³/mol. The maximum Gasteiger partial charge on any atom is 0.337 e. The van der Waals surface area contributed by atoms with Crippen LogP contribution in [0.4, 0.5) is 5.69 Å². The maximum absolute atomic E-state index is 13.9. The van der Waals surface area contributed by atoms with Gasteiger partial charge in [0.15, 0.2) is 0 Å². The Morgan fingerprint density at radius 3 is 2.19 bits per heavy atom. The lowest BCUT2D eigenvalue weighted by molar-refractivity contribution is -0.122. The van der Waals surface area contributed by atoms with Gasteiger partial charge in [0, 0.05) is 10.5 Å².